The Morgan fingerprint density at radius 1 is 1.05 bits per heavy atom. The number of amides is 2. The zero-order chi connectivity index (χ0) is 26.9. The van der Waals surface area contributed by atoms with Gasteiger partial charge in [0.15, 0.2) is 0 Å². The lowest BCUT2D eigenvalue weighted by Crippen LogP contribution is -2.42. The summed E-state index contributed by atoms with van der Waals surface area (Å²) in [7, 11) is 0. The SMILES string of the molecule is CCCn1c2c(c3cc(NC(=O)C4CCC(NC(=O)OC(C)(C)C)CC4)ccc31)CN(C1CCCC1)CC2. The molecule has 2 aromatic rings. The van der Waals surface area contributed by atoms with Crippen LogP contribution in [0.15, 0.2) is 18.2 Å². The van der Waals surface area contributed by atoms with Gasteiger partial charge in [-0.15, -0.1) is 0 Å². The van der Waals surface area contributed by atoms with Crippen LogP contribution in [0.2, 0.25) is 0 Å². The van der Waals surface area contributed by atoms with E-state index in [4.69, 9.17) is 4.74 Å². The minimum atomic E-state index is -0.506. The highest BCUT2D eigenvalue weighted by molar-refractivity contribution is 5.96. The Bertz CT molecular complexity index is 1150. The average molecular weight is 523 g/mol. The maximum atomic E-state index is 13.2. The maximum Gasteiger partial charge on any atom is 0.407 e. The van der Waals surface area contributed by atoms with Gasteiger partial charge in [0.05, 0.1) is 0 Å². The smallest absolute Gasteiger partial charge is 0.407 e. The van der Waals surface area contributed by atoms with Crippen LogP contribution < -0.4 is 10.6 Å². The molecule has 2 N–H and O–H groups in total. The van der Waals surface area contributed by atoms with Crippen molar-refractivity contribution in [1.29, 1.82) is 0 Å². The standard InChI is InChI=1S/C31H46N4O3/c1-5-17-35-27-15-14-23(19-25(27)26-20-34(18-16-28(26)35)24-8-6-7-9-24)32-29(36)21-10-12-22(13-11-21)33-30(37)38-31(2,3)4/h14-15,19,21-22,24H,5-13,16-18,20H2,1-4H3,(H,32,36)(H,33,37). The topological polar surface area (TPSA) is 75.6 Å². The highest BCUT2D eigenvalue weighted by Crippen LogP contribution is 2.36. The van der Waals surface area contributed by atoms with E-state index in [0.29, 0.717) is 0 Å². The molecule has 0 radical (unpaired) electrons. The zero-order valence-electron chi connectivity index (χ0n) is 23.8. The summed E-state index contributed by atoms with van der Waals surface area (Å²) in [5.74, 6) is 0.0633. The molecular formula is C31H46N4O3. The molecule has 0 unspecified atom stereocenters. The molecule has 5 rings (SSSR count). The average Bonchev–Trinajstić information content (AvgIpc) is 3.51. The monoisotopic (exact) mass is 522 g/mol. The molecule has 2 saturated carbocycles. The van der Waals surface area contributed by atoms with Gasteiger partial charge in [-0.25, -0.2) is 4.79 Å². The summed E-state index contributed by atoms with van der Waals surface area (Å²) in [6, 6.07) is 7.29. The van der Waals surface area contributed by atoms with Gasteiger partial charge in [0, 0.05) is 66.3 Å². The number of alkyl carbamates (subject to hydrolysis) is 1. The van der Waals surface area contributed by atoms with E-state index in [2.05, 4.69) is 45.2 Å². The van der Waals surface area contributed by atoms with Crippen molar-refractivity contribution in [1.82, 2.24) is 14.8 Å². The van der Waals surface area contributed by atoms with Gasteiger partial charge in [0.1, 0.15) is 5.60 Å². The molecule has 0 spiro atoms. The predicted molar refractivity (Wildman–Crippen MR) is 152 cm³/mol. The number of fused-ring (bicyclic) bond motifs is 3. The first-order chi connectivity index (χ1) is 18.2. The third-order valence-corrected chi connectivity index (χ3v) is 8.66. The Balaban J connectivity index is 1.25. The molecule has 2 amide bonds. The second-order valence-corrected chi connectivity index (χ2v) is 12.7. The van der Waals surface area contributed by atoms with Crippen LogP contribution in [0, 0.1) is 5.92 Å². The Morgan fingerprint density at radius 2 is 1.79 bits per heavy atom. The van der Waals surface area contributed by atoms with Gasteiger partial charge in [0.25, 0.3) is 0 Å². The molecule has 1 aliphatic heterocycles. The van der Waals surface area contributed by atoms with Crippen molar-refractivity contribution >= 4 is 28.6 Å². The molecule has 2 fully saturated rings. The van der Waals surface area contributed by atoms with Crippen LogP contribution in [0.25, 0.3) is 10.9 Å². The van der Waals surface area contributed by atoms with Crippen molar-refractivity contribution in [3.63, 3.8) is 0 Å². The first kappa shape index (κ1) is 27.0. The van der Waals surface area contributed by atoms with E-state index >= 15 is 0 Å². The van der Waals surface area contributed by atoms with Crippen LogP contribution in [-0.4, -0.2) is 45.7 Å². The molecule has 0 bridgehead atoms. The molecular weight excluding hydrogens is 476 g/mol. The highest BCUT2D eigenvalue weighted by atomic mass is 16.6. The Labute approximate surface area is 227 Å². The number of aryl methyl sites for hydroxylation is 1. The summed E-state index contributed by atoms with van der Waals surface area (Å²) in [6.45, 7) is 11.1. The third kappa shape index (κ3) is 6.03. The summed E-state index contributed by atoms with van der Waals surface area (Å²) in [4.78, 5) is 28.0. The summed E-state index contributed by atoms with van der Waals surface area (Å²) in [5, 5.41) is 7.51. The Hall–Kier alpha value is -2.54. The largest absolute Gasteiger partial charge is 0.444 e. The van der Waals surface area contributed by atoms with Gasteiger partial charge in [-0.05, 0) is 89.5 Å². The quantitative estimate of drug-likeness (QED) is 0.462. The molecule has 0 atom stereocenters. The minimum Gasteiger partial charge on any atom is -0.444 e. The normalized spacial score (nSPS) is 22.8. The van der Waals surface area contributed by atoms with Crippen molar-refractivity contribution in [2.24, 2.45) is 5.92 Å². The van der Waals surface area contributed by atoms with Crippen LogP contribution in [0.4, 0.5) is 10.5 Å². The molecule has 7 nitrogen and oxygen atoms in total. The zero-order valence-corrected chi connectivity index (χ0v) is 23.8. The van der Waals surface area contributed by atoms with E-state index in [1.807, 2.05) is 20.8 Å². The Morgan fingerprint density at radius 3 is 2.47 bits per heavy atom. The summed E-state index contributed by atoms with van der Waals surface area (Å²) < 4.78 is 7.92. The number of carbonyl (C=O) groups excluding carboxylic acids is 2. The number of rotatable bonds is 6. The van der Waals surface area contributed by atoms with Gasteiger partial charge in [-0.1, -0.05) is 19.8 Å². The number of hydrogen-bond donors (Lipinski definition) is 2. The molecule has 208 valence electrons. The van der Waals surface area contributed by atoms with Crippen LogP contribution in [0.5, 0.6) is 0 Å². The van der Waals surface area contributed by atoms with E-state index in [1.165, 1.54) is 47.8 Å². The number of hydrogen-bond acceptors (Lipinski definition) is 4. The summed E-state index contributed by atoms with van der Waals surface area (Å²) in [5.41, 5.74) is 4.66. The van der Waals surface area contributed by atoms with Crippen molar-refractivity contribution in [2.45, 2.75) is 123 Å². The molecule has 1 aromatic heterocycles. The fourth-order valence-corrected chi connectivity index (χ4v) is 6.83. The number of benzene rings is 1. The lowest BCUT2D eigenvalue weighted by molar-refractivity contribution is -0.120. The Kier molecular flexibility index (Phi) is 8.03. The molecule has 3 aliphatic rings. The van der Waals surface area contributed by atoms with Crippen LogP contribution in [0.1, 0.15) is 96.7 Å². The summed E-state index contributed by atoms with van der Waals surface area (Å²) in [6.07, 6.45) is 10.4. The summed E-state index contributed by atoms with van der Waals surface area (Å²) >= 11 is 0. The third-order valence-electron chi connectivity index (χ3n) is 8.66. The lowest BCUT2D eigenvalue weighted by atomic mass is 9.85. The van der Waals surface area contributed by atoms with Gasteiger partial charge in [-0.2, -0.15) is 0 Å². The molecule has 2 aliphatic carbocycles. The van der Waals surface area contributed by atoms with Crippen molar-refractivity contribution in [2.75, 3.05) is 11.9 Å². The number of carbonyl (C=O) groups is 2. The molecule has 2 heterocycles. The minimum absolute atomic E-state index is 0.0288. The second-order valence-electron chi connectivity index (χ2n) is 12.7. The number of aromatic nitrogens is 1. The molecule has 1 aromatic carbocycles. The van der Waals surface area contributed by atoms with Gasteiger partial charge in [0.2, 0.25) is 5.91 Å². The van der Waals surface area contributed by atoms with Crippen molar-refractivity contribution < 1.29 is 14.3 Å². The predicted octanol–water partition coefficient (Wildman–Crippen LogP) is 6.37. The highest BCUT2D eigenvalue weighted by Gasteiger charge is 2.31. The number of ether oxygens (including phenoxy) is 1. The van der Waals surface area contributed by atoms with Crippen molar-refractivity contribution in [3.05, 3.63) is 29.5 Å². The molecule has 0 saturated heterocycles. The van der Waals surface area contributed by atoms with Gasteiger partial charge < -0.3 is 19.9 Å². The van der Waals surface area contributed by atoms with Gasteiger partial charge in [-0.3, -0.25) is 9.69 Å². The first-order valence-electron chi connectivity index (χ1n) is 14.9. The fourth-order valence-electron chi connectivity index (χ4n) is 6.83. The van der Waals surface area contributed by atoms with E-state index in [1.54, 1.807) is 0 Å². The molecule has 7 heteroatoms. The van der Waals surface area contributed by atoms with Crippen molar-refractivity contribution in [3.8, 4) is 0 Å². The lowest BCUT2D eigenvalue weighted by Gasteiger charge is -2.33. The number of nitrogens with one attached hydrogen (secondary N) is 2. The van der Waals surface area contributed by atoms with E-state index in [-0.39, 0.29) is 24.0 Å². The van der Waals surface area contributed by atoms with E-state index in [9.17, 15) is 9.59 Å². The molecule has 38 heavy (non-hydrogen) atoms. The fraction of sp³-hybridized carbons (Fsp3) is 0.677. The number of nitrogens with zero attached hydrogens (tertiary/aromatic N) is 2. The van der Waals surface area contributed by atoms with Gasteiger partial charge >= 0.3 is 6.09 Å². The second kappa shape index (κ2) is 11.3. The van der Waals surface area contributed by atoms with Crippen LogP contribution in [0.3, 0.4) is 0 Å². The van der Waals surface area contributed by atoms with E-state index < -0.39 is 5.60 Å². The maximum absolute atomic E-state index is 13.2. The number of anilines is 1. The van der Waals surface area contributed by atoms with E-state index in [0.717, 1.165) is 69.9 Å². The van der Waals surface area contributed by atoms with Crippen LogP contribution in [-0.2, 0) is 29.0 Å². The van der Waals surface area contributed by atoms with Crippen LogP contribution >= 0.6 is 0 Å². The first-order valence-corrected chi connectivity index (χ1v) is 14.9.